The number of carbonyl (C=O) groups is 2. The number of amides is 2. The Morgan fingerprint density at radius 2 is 1.86 bits per heavy atom. The van der Waals surface area contributed by atoms with Crippen molar-refractivity contribution in [1.29, 1.82) is 0 Å². The molecule has 2 saturated heterocycles. The Morgan fingerprint density at radius 1 is 1.24 bits per heavy atom. The zero-order valence-corrected chi connectivity index (χ0v) is 13.2. The summed E-state index contributed by atoms with van der Waals surface area (Å²) in [5.41, 5.74) is -0.709. The molecule has 0 unspecified atom stereocenters. The van der Waals surface area contributed by atoms with E-state index in [0.717, 1.165) is 26.2 Å². The Hall–Kier alpha value is -1.14. The van der Waals surface area contributed by atoms with E-state index in [1.807, 2.05) is 6.92 Å². The monoisotopic (exact) mass is 296 g/mol. The van der Waals surface area contributed by atoms with Crippen molar-refractivity contribution < 1.29 is 9.59 Å². The van der Waals surface area contributed by atoms with Gasteiger partial charge in [-0.2, -0.15) is 0 Å². The lowest BCUT2D eigenvalue weighted by molar-refractivity contribution is -0.132. The topological polar surface area (TPSA) is 64.7 Å². The maximum absolute atomic E-state index is 12.3. The molecule has 0 radical (unpaired) electrons. The van der Waals surface area contributed by atoms with E-state index in [1.165, 1.54) is 12.8 Å². The molecule has 2 fully saturated rings. The van der Waals surface area contributed by atoms with Crippen LogP contribution in [0.4, 0.5) is 0 Å². The molecule has 2 aliphatic heterocycles. The summed E-state index contributed by atoms with van der Waals surface area (Å²) < 4.78 is 0. The highest BCUT2D eigenvalue weighted by Gasteiger charge is 2.42. The van der Waals surface area contributed by atoms with Crippen molar-refractivity contribution in [3.63, 3.8) is 0 Å². The van der Waals surface area contributed by atoms with Crippen LogP contribution in [0.15, 0.2) is 0 Å². The van der Waals surface area contributed by atoms with Crippen LogP contribution in [-0.4, -0.2) is 73.5 Å². The first-order chi connectivity index (χ1) is 10.1. The van der Waals surface area contributed by atoms with E-state index in [-0.39, 0.29) is 5.91 Å². The number of rotatable bonds is 5. The zero-order valence-electron chi connectivity index (χ0n) is 13.2. The Labute approximate surface area is 127 Å². The van der Waals surface area contributed by atoms with Crippen LogP contribution in [-0.2, 0) is 9.59 Å². The maximum Gasteiger partial charge on any atom is 0.245 e. The predicted molar refractivity (Wildman–Crippen MR) is 81.9 cm³/mol. The molecule has 2 amide bonds. The summed E-state index contributed by atoms with van der Waals surface area (Å²) in [5, 5.41) is 5.64. The first kappa shape index (κ1) is 16.2. The lowest BCUT2D eigenvalue weighted by Crippen LogP contribution is -2.62. The second-order valence-corrected chi connectivity index (χ2v) is 6.27. The Balaban J connectivity index is 1.93. The molecule has 0 aromatic heterocycles. The van der Waals surface area contributed by atoms with Crippen molar-refractivity contribution in [3.8, 4) is 0 Å². The van der Waals surface area contributed by atoms with Crippen LogP contribution in [0.25, 0.3) is 0 Å². The molecule has 2 rings (SSSR count). The molecule has 2 aliphatic rings. The van der Waals surface area contributed by atoms with Gasteiger partial charge < -0.3 is 20.4 Å². The molecular weight excluding hydrogens is 268 g/mol. The third kappa shape index (κ3) is 3.74. The van der Waals surface area contributed by atoms with Gasteiger partial charge in [0.15, 0.2) is 0 Å². The molecular formula is C15H28N4O2. The predicted octanol–water partition coefficient (Wildman–Crippen LogP) is -0.203. The molecule has 0 atom stereocenters. The van der Waals surface area contributed by atoms with Crippen LogP contribution in [0.1, 0.15) is 32.6 Å². The van der Waals surface area contributed by atoms with Gasteiger partial charge in [0.1, 0.15) is 5.54 Å². The average molecular weight is 296 g/mol. The number of likely N-dealkylation sites (tertiary alicyclic amines) is 2. The van der Waals surface area contributed by atoms with Crippen molar-refractivity contribution in [2.75, 3.05) is 39.8 Å². The highest BCUT2D eigenvalue weighted by atomic mass is 16.2. The van der Waals surface area contributed by atoms with E-state index in [4.69, 9.17) is 0 Å². The van der Waals surface area contributed by atoms with Gasteiger partial charge in [0.2, 0.25) is 12.3 Å². The van der Waals surface area contributed by atoms with Gasteiger partial charge in [-0.1, -0.05) is 0 Å². The quantitative estimate of drug-likeness (QED) is 0.690. The zero-order chi connectivity index (χ0) is 15.3. The van der Waals surface area contributed by atoms with Gasteiger partial charge in [-0.25, -0.2) is 0 Å². The second kappa shape index (κ2) is 7.22. The largest absolute Gasteiger partial charge is 0.354 e. The number of nitrogens with zero attached hydrogens (tertiary/aromatic N) is 2. The molecule has 6 heteroatoms. The van der Waals surface area contributed by atoms with E-state index < -0.39 is 5.54 Å². The number of hydrogen-bond donors (Lipinski definition) is 2. The summed E-state index contributed by atoms with van der Waals surface area (Å²) in [6, 6.07) is 0.629. The first-order valence-corrected chi connectivity index (χ1v) is 8.03. The Bertz CT molecular complexity index is 359. The van der Waals surface area contributed by atoms with Gasteiger partial charge in [-0.15, -0.1) is 0 Å². The van der Waals surface area contributed by atoms with Crippen molar-refractivity contribution in [3.05, 3.63) is 0 Å². The van der Waals surface area contributed by atoms with E-state index in [1.54, 1.807) is 0 Å². The SMILES string of the molecule is CCNC(=O)C1(NC=O)CCN(C2CCN(C)CC2)CC1. The lowest BCUT2D eigenvalue weighted by atomic mass is 9.85. The van der Waals surface area contributed by atoms with Gasteiger partial charge in [-0.05, 0) is 52.7 Å². The molecule has 0 saturated carbocycles. The molecule has 0 aromatic rings. The van der Waals surface area contributed by atoms with Gasteiger partial charge in [-0.3, -0.25) is 9.59 Å². The second-order valence-electron chi connectivity index (χ2n) is 6.27. The molecule has 0 aliphatic carbocycles. The number of carbonyl (C=O) groups excluding carboxylic acids is 2. The van der Waals surface area contributed by atoms with Crippen LogP contribution in [0.5, 0.6) is 0 Å². The summed E-state index contributed by atoms with van der Waals surface area (Å²) in [7, 11) is 2.17. The molecule has 6 nitrogen and oxygen atoms in total. The van der Waals surface area contributed by atoms with Gasteiger partial charge in [0.05, 0.1) is 0 Å². The smallest absolute Gasteiger partial charge is 0.245 e. The summed E-state index contributed by atoms with van der Waals surface area (Å²) in [5.74, 6) is -0.0415. The lowest BCUT2D eigenvalue weighted by Gasteiger charge is -2.45. The fraction of sp³-hybridized carbons (Fsp3) is 0.867. The van der Waals surface area contributed by atoms with Crippen molar-refractivity contribution in [2.24, 2.45) is 0 Å². The first-order valence-electron chi connectivity index (χ1n) is 8.03. The molecule has 120 valence electrons. The molecule has 0 bridgehead atoms. The number of hydrogen-bond acceptors (Lipinski definition) is 4. The number of likely N-dealkylation sites (N-methyl/N-ethyl adjacent to an activating group) is 1. The number of piperidine rings is 2. The van der Waals surface area contributed by atoms with Crippen LogP contribution in [0.3, 0.4) is 0 Å². The van der Waals surface area contributed by atoms with E-state index in [0.29, 0.717) is 31.8 Å². The van der Waals surface area contributed by atoms with E-state index >= 15 is 0 Å². The fourth-order valence-corrected chi connectivity index (χ4v) is 3.51. The van der Waals surface area contributed by atoms with Crippen LogP contribution in [0.2, 0.25) is 0 Å². The molecule has 21 heavy (non-hydrogen) atoms. The normalized spacial score (nSPS) is 24.5. The summed E-state index contributed by atoms with van der Waals surface area (Å²) in [6.45, 7) is 6.56. The molecule has 0 aromatic carbocycles. The fourth-order valence-electron chi connectivity index (χ4n) is 3.51. The van der Waals surface area contributed by atoms with Crippen molar-refractivity contribution in [1.82, 2.24) is 20.4 Å². The van der Waals surface area contributed by atoms with Crippen LogP contribution in [0, 0.1) is 0 Å². The van der Waals surface area contributed by atoms with E-state index in [2.05, 4.69) is 27.5 Å². The van der Waals surface area contributed by atoms with Crippen LogP contribution >= 0.6 is 0 Å². The standard InChI is InChI=1S/C15H28N4O2/c1-3-16-14(21)15(17-12-20)6-10-19(11-7-15)13-4-8-18(2)9-5-13/h12-13H,3-11H2,1-2H3,(H,16,21)(H,17,20). The molecule has 2 heterocycles. The highest BCUT2D eigenvalue weighted by Crippen LogP contribution is 2.26. The minimum absolute atomic E-state index is 0.0415. The van der Waals surface area contributed by atoms with Gasteiger partial charge in [0.25, 0.3) is 0 Å². The third-order valence-electron chi connectivity index (χ3n) is 4.96. The van der Waals surface area contributed by atoms with Gasteiger partial charge >= 0.3 is 0 Å². The summed E-state index contributed by atoms with van der Waals surface area (Å²) in [6.07, 6.45) is 4.46. The summed E-state index contributed by atoms with van der Waals surface area (Å²) in [4.78, 5) is 28.0. The Kier molecular flexibility index (Phi) is 5.58. The van der Waals surface area contributed by atoms with Crippen molar-refractivity contribution in [2.45, 2.75) is 44.2 Å². The highest BCUT2D eigenvalue weighted by molar-refractivity contribution is 5.88. The molecule has 0 spiro atoms. The Morgan fingerprint density at radius 3 is 2.38 bits per heavy atom. The van der Waals surface area contributed by atoms with Crippen LogP contribution < -0.4 is 10.6 Å². The minimum Gasteiger partial charge on any atom is -0.354 e. The maximum atomic E-state index is 12.3. The average Bonchev–Trinajstić information content (AvgIpc) is 2.49. The number of nitrogens with one attached hydrogen (secondary N) is 2. The van der Waals surface area contributed by atoms with Gasteiger partial charge in [0, 0.05) is 25.7 Å². The van der Waals surface area contributed by atoms with E-state index in [9.17, 15) is 9.59 Å². The summed E-state index contributed by atoms with van der Waals surface area (Å²) >= 11 is 0. The molecule has 2 N–H and O–H groups in total. The van der Waals surface area contributed by atoms with Crippen molar-refractivity contribution >= 4 is 12.3 Å². The third-order valence-corrected chi connectivity index (χ3v) is 4.96. The minimum atomic E-state index is -0.709.